The minimum atomic E-state index is -3.95. The molecule has 3 aromatic heterocycles. The highest BCUT2D eigenvalue weighted by Crippen LogP contribution is 2.30. The minimum Gasteiger partial charge on any atom is -0.472 e. The van der Waals surface area contributed by atoms with Crippen molar-refractivity contribution in [2.75, 3.05) is 6.54 Å². The van der Waals surface area contributed by atoms with Gasteiger partial charge in [0.2, 0.25) is 10.0 Å². The zero-order valence-electron chi connectivity index (χ0n) is 13.2. The second kappa shape index (κ2) is 6.32. The molecule has 2 N–H and O–H groups in total. The standard InChI is InChI=1S/C16H13N3O5S2/c20-16(11-6-8-23-9-11,14-5-2-7-24-14)10-17-26(21,22)13-4-1-3-12-15(13)19-25-18-12/h1-9,17,20H,10H2/t16-/m0/s1. The van der Waals surface area contributed by atoms with Crippen molar-refractivity contribution < 1.29 is 22.4 Å². The normalized spacial score (nSPS) is 14.5. The molecule has 0 saturated carbocycles. The molecule has 0 amide bonds. The van der Waals surface area contributed by atoms with Crippen LogP contribution in [0.3, 0.4) is 0 Å². The Hall–Kier alpha value is -2.53. The monoisotopic (exact) mass is 391 g/mol. The van der Waals surface area contributed by atoms with Gasteiger partial charge in [0.05, 0.1) is 37.1 Å². The average Bonchev–Trinajstić information content (AvgIpc) is 3.41. The number of aromatic nitrogens is 2. The van der Waals surface area contributed by atoms with Gasteiger partial charge in [-0.25, -0.2) is 13.1 Å². The van der Waals surface area contributed by atoms with Crippen molar-refractivity contribution in [3.63, 3.8) is 0 Å². The third-order valence-electron chi connectivity index (χ3n) is 3.98. The molecule has 0 aliphatic carbocycles. The molecule has 0 saturated heterocycles. The van der Waals surface area contributed by atoms with E-state index in [0.717, 1.165) is 11.7 Å². The molecule has 0 fully saturated rings. The molecule has 134 valence electrons. The number of hydrogen-bond donors (Lipinski definition) is 2. The van der Waals surface area contributed by atoms with Gasteiger partial charge in [-0.3, -0.25) is 0 Å². The lowest BCUT2D eigenvalue weighted by Crippen LogP contribution is -2.41. The fourth-order valence-electron chi connectivity index (χ4n) is 2.62. The van der Waals surface area contributed by atoms with Gasteiger partial charge in [-0.05, 0) is 30.3 Å². The molecule has 10 heteroatoms. The van der Waals surface area contributed by atoms with Crippen molar-refractivity contribution in [2.24, 2.45) is 0 Å². The van der Waals surface area contributed by atoms with E-state index in [1.807, 2.05) is 0 Å². The van der Waals surface area contributed by atoms with E-state index in [9.17, 15) is 13.5 Å². The van der Waals surface area contributed by atoms with E-state index < -0.39 is 15.6 Å². The van der Waals surface area contributed by atoms with Gasteiger partial charge in [0, 0.05) is 5.56 Å². The zero-order chi connectivity index (χ0) is 18.2. The molecule has 0 unspecified atom stereocenters. The third kappa shape index (κ3) is 2.82. The number of sulfonamides is 1. The second-order valence-corrected chi connectivity index (χ2v) is 7.83. The number of fused-ring (bicyclic) bond motifs is 1. The van der Waals surface area contributed by atoms with E-state index in [2.05, 4.69) is 13.5 Å². The summed E-state index contributed by atoms with van der Waals surface area (Å²) in [6.07, 6.45) is 4.12. The van der Waals surface area contributed by atoms with Crippen LogP contribution in [0.4, 0.5) is 0 Å². The van der Waals surface area contributed by atoms with E-state index in [1.165, 1.54) is 24.9 Å². The van der Waals surface area contributed by atoms with Crippen LogP contribution in [0.25, 0.3) is 11.0 Å². The lowest BCUT2D eigenvalue weighted by atomic mass is 9.94. The smallest absolute Gasteiger partial charge is 0.242 e. The highest BCUT2D eigenvalue weighted by molar-refractivity contribution is 7.89. The Balaban J connectivity index is 1.69. The van der Waals surface area contributed by atoms with Gasteiger partial charge in [-0.2, -0.15) is 8.75 Å². The Morgan fingerprint density at radius 2 is 2.04 bits per heavy atom. The topological polar surface area (TPSA) is 118 Å². The fraction of sp³-hybridized carbons (Fsp3) is 0.125. The van der Waals surface area contributed by atoms with E-state index in [0.29, 0.717) is 11.1 Å². The highest BCUT2D eigenvalue weighted by Gasteiger charge is 2.37. The molecule has 0 aliphatic heterocycles. The maximum atomic E-state index is 12.8. The van der Waals surface area contributed by atoms with Crippen molar-refractivity contribution in [1.29, 1.82) is 0 Å². The van der Waals surface area contributed by atoms with Gasteiger partial charge >= 0.3 is 0 Å². The molecule has 0 spiro atoms. The molecule has 26 heavy (non-hydrogen) atoms. The van der Waals surface area contributed by atoms with Gasteiger partial charge < -0.3 is 13.9 Å². The first-order valence-electron chi connectivity index (χ1n) is 7.51. The number of hydrogen-bond acceptors (Lipinski definition) is 8. The summed E-state index contributed by atoms with van der Waals surface area (Å²) in [5, 5.41) is 11.1. The minimum absolute atomic E-state index is 0.00209. The van der Waals surface area contributed by atoms with Gasteiger partial charge in [0.25, 0.3) is 0 Å². The first-order chi connectivity index (χ1) is 12.5. The van der Waals surface area contributed by atoms with Crippen LogP contribution < -0.4 is 4.72 Å². The summed E-state index contributed by atoms with van der Waals surface area (Å²) in [7, 11) is -3.95. The van der Waals surface area contributed by atoms with Crippen LogP contribution in [0.5, 0.6) is 0 Å². The number of aliphatic hydroxyl groups is 1. The highest BCUT2D eigenvalue weighted by atomic mass is 32.2. The lowest BCUT2D eigenvalue weighted by molar-refractivity contribution is 0.0613. The average molecular weight is 391 g/mol. The van der Waals surface area contributed by atoms with Crippen LogP contribution in [-0.4, -0.2) is 28.8 Å². The largest absolute Gasteiger partial charge is 0.472 e. The molecule has 0 bridgehead atoms. The van der Waals surface area contributed by atoms with Gasteiger partial charge in [-0.15, -0.1) is 0 Å². The lowest BCUT2D eigenvalue weighted by Gasteiger charge is -2.25. The molecule has 8 nitrogen and oxygen atoms in total. The fourth-order valence-corrected chi connectivity index (χ4v) is 4.44. The van der Waals surface area contributed by atoms with Gasteiger partial charge in [-0.1, -0.05) is 6.07 Å². The molecule has 0 aliphatic rings. The van der Waals surface area contributed by atoms with Crippen molar-refractivity contribution >= 4 is 32.8 Å². The SMILES string of the molecule is O=S(=O)(NC[C@](O)(c1ccoc1)c1ccco1)c1cccc2nsnc12. The summed E-state index contributed by atoms with van der Waals surface area (Å²) in [5.74, 6) is 0.190. The number of rotatable bonds is 6. The van der Waals surface area contributed by atoms with Crippen molar-refractivity contribution in [1.82, 2.24) is 13.5 Å². The van der Waals surface area contributed by atoms with Gasteiger partial charge in [0.1, 0.15) is 21.7 Å². The molecular formula is C16H13N3O5S2. The summed E-state index contributed by atoms with van der Waals surface area (Å²) in [5.41, 5.74) is -0.579. The third-order valence-corrected chi connectivity index (χ3v) is 5.96. The number of furan rings is 2. The molecular weight excluding hydrogens is 378 g/mol. The summed E-state index contributed by atoms with van der Waals surface area (Å²) in [4.78, 5) is -0.00209. The Morgan fingerprint density at radius 3 is 2.77 bits per heavy atom. The molecule has 4 rings (SSSR count). The summed E-state index contributed by atoms with van der Waals surface area (Å²) in [6, 6.07) is 9.43. The zero-order valence-corrected chi connectivity index (χ0v) is 14.8. The van der Waals surface area contributed by atoms with Crippen LogP contribution in [0.1, 0.15) is 11.3 Å². The van der Waals surface area contributed by atoms with Crippen molar-refractivity contribution in [2.45, 2.75) is 10.5 Å². The van der Waals surface area contributed by atoms with Crippen LogP contribution in [-0.2, 0) is 15.6 Å². The molecule has 4 aromatic rings. The predicted molar refractivity (Wildman–Crippen MR) is 93.0 cm³/mol. The second-order valence-electron chi connectivity index (χ2n) is 5.56. The quantitative estimate of drug-likeness (QED) is 0.516. The van der Waals surface area contributed by atoms with Crippen LogP contribution >= 0.6 is 11.7 Å². The summed E-state index contributed by atoms with van der Waals surface area (Å²) in [6.45, 7) is -0.351. The van der Waals surface area contributed by atoms with E-state index in [-0.39, 0.29) is 22.7 Å². The maximum absolute atomic E-state index is 12.8. The van der Waals surface area contributed by atoms with Gasteiger partial charge in [0.15, 0.2) is 5.60 Å². The van der Waals surface area contributed by atoms with Crippen LogP contribution in [0.2, 0.25) is 0 Å². The Labute approximate surface area is 152 Å². The van der Waals surface area contributed by atoms with E-state index in [4.69, 9.17) is 8.83 Å². The first-order valence-corrected chi connectivity index (χ1v) is 9.72. The molecule has 0 radical (unpaired) electrons. The molecule has 1 atom stereocenters. The Morgan fingerprint density at radius 1 is 1.15 bits per heavy atom. The first kappa shape index (κ1) is 16.9. The van der Waals surface area contributed by atoms with Crippen LogP contribution in [0.15, 0.2) is 68.9 Å². The van der Waals surface area contributed by atoms with Crippen molar-refractivity contribution in [3.8, 4) is 0 Å². The van der Waals surface area contributed by atoms with Crippen LogP contribution in [0, 0.1) is 0 Å². The Bertz CT molecular complexity index is 1080. The van der Waals surface area contributed by atoms with Crippen molar-refractivity contribution in [3.05, 3.63) is 66.5 Å². The Kier molecular flexibility index (Phi) is 4.11. The number of benzene rings is 1. The maximum Gasteiger partial charge on any atom is 0.242 e. The molecule has 1 aromatic carbocycles. The summed E-state index contributed by atoms with van der Waals surface area (Å²) < 4.78 is 46.4. The summed E-state index contributed by atoms with van der Waals surface area (Å²) >= 11 is 0.934. The predicted octanol–water partition coefficient (Wildman–Crippen LogP) is 2.09. The number of nitrogens with zero attached hydrogens (tertiary/aromatic N) is 2. The number of nitrogens with one attached hydrogen (secondary N) is 1. The molecule has 3 heterocycles. The van der Waals surface area contributed by atoms with E-state index in [1.54, 1.807) is 30.3 Å². The van der Waals surface area contributed by atoms with E-state index >= 15 is 0 Å².